The lowest BCUT2D eigenvalue weighted by atomic mass is 10.1. The molecule has 0 saturated carbocycles. The summed E-state index contributed by atoms with van der Waals surface area (Å²) in [5, 5.41) is 1.50. The molecule has 2 aromatic carbocycles. The summed E-state index contributed by atoms with van der Waals surface area (Å²) in [6, 6.07) is 14.1. The van der Waals surface area contributed by atoms with E-state index < -0.39 is 23.2 Å². The van der Waals surface area contributed by atoms with E-state index in [0.717, 1.165) is 16.3 Å². The highest BCUT2D eigenvalue weighted by Crippen LogP contribution is 2.22. The molecule has 0 bridgehead atoms. The van der Waals surface area contributed by atoms with Crippen molar-refractivity contribution < 1.29 is 37.4 Å². The van der Waals surface area contributed by atoms with Crippen LogP contribution >= 0.6 is 0 Å². The van der Waals surface area contributed by atoms with Crippen molar-refractivity contribution in [2.75, 3.05) is 26.4 Å². The molecule has 0 aliphatic carbocycles. The Morgan fingerprint density at radius 1 is 0.722 bits per heavy atom. The highest BCUT2D eigenvalue weighted by molar-refractivity contribution is 5.81. The lowest BCUT2D eigenvalue weighted by Crippen LogP contribution is -2.18. The van der Waals surface area contributed by atoms with Crippen molar-refractivity contribution in [3.8, 4) is 11.5 Å². The van der Waals surface area contributed by atoms with Gasteiger partial charge in [-0.1, -0.05) is 0 Å². The maximum atomic E-state index is 11.9. The number of rotatable bonds is 10. The maximum absolute atomic E-state index is 11.9. The van der Waals surface area contributed by atoms with E-state index in [1.54, 1.807) is 37.3 Å². The number of fused-ring (bicyclic) bond motifs is 2. The van der Waals surface area contributed by atoms with E-state index >= 15 is 0 Å². The van der Waals surface area contributed by atoms with Crippen molar-refractivity contribution in [3.63, 3.8) is 0 Å². The van der Waals surface area contributed by atoms with E-state index in [9.17, 15) is 19.2 Å². The molecular formula is C26H22O10. The van der Waals surface area contributed by atoms with Crippen LogP contribution in [0.4, 0.5) is 0 Å². The van der Waals surface area contributed by atoms with Crippen LogP contribution in [-0.2, 0) is 19.1 Å². The first-order valence-electron chi connectivity index (χ1n) is 11.0. The third-order valence-electron chi connectivity index (χ3n) is 5.05. The second-order valence-electron chi connectivity index (χ2n) is 7.73. The molecule has 0 saturated heterocycles. The molecule has 10 nitrogen and oxygen atoms in total. The van der Waals surface area contributed by atoms with E-state index in [4.69, 9.17) is 27.8 Å². The van der Waals surface area contributed by atoms with Crippen molar-refractivity contribution in [1.29, 1.82) is 0 Å². The fourth-order valence-corrected chi connectivity index (χ4v) is 3.32. The minimum absolute atomic E-state index is 0.0336. The summed E-state index contributed by atoms with van der Waals surface area (Å²) >= 11 is 0. The smallest absolute Gasteiger partial charge is 0.344 e. The van der Waals surface area contributed by atoms with Gasteiger partial charge in [0, 0.05) is 41.5 Å². The molecule has 10 heteroatoms. The molecule has 2 heterocycles. The zero-order chi connectivity index (χ0) is 25.5. The van der Waals surface area contributed by atoms with Crippen molar-refractivity contribution in [1.82, 2.24) is 0 Å². The summed E-state index contributed by atoms with van der Waals surface area (Å²) < 4.78 is 31.1. The molecule has 2 aromatic heterocycles. The van der Waals surface area contributed by atoms with Crippen molar-refractivity contribution >= 4 is 33.9 Å². The minimum Gasteiger partial charge on any atom is -0.482 e. The van der Waals surface area contributed by atoms with E-state index in [0.29, 0.717) is 29.1 Å². The van der Waals surface area contributed by atoms with Gasteiger partial charge in [0.05, 0.1) is 13.2 Å². The van der Waals surface area contributed by atoms with Crippen molar-refractivity contribution in [3.05, 3.63) is 81.0 Å². The van der Waals surface area contributed by atoms with Gasteiger partial charge >= 0.3 is 23.2 Å². The first-order chi connectivity index (χ1) is 17.4. The number of hydrogen-bond acceptors (Lipinski definition) is 10. The van der Waals surface area contributed by atoms with Gasteiger partial charge < -0.3 is 27.8 Å². The van der Waals surface area contributed by atoms with Crippen LogP contribution in [0.2, 0.25) is 0 Å². The molecule has 4 aromatic rings. The van der Waals surface area contributed by atoms with Gasteiger partial charge in [0.2, 0.25) is 0 Å². The Kier molecular flexibility index (Phi) is 7.64. The second-order valence-corrected chi connectivity index (χ2v) is 7.73. The lowest BCUT2D eigenvalue weighted by Gasteiger charge is -2.09. The summed E-state index contributed by atoms with van der Waals surface area (Å²) in [5.74, 6) is -0.488. The normalized spacial score (nSPS) is 10.8. The van der Waals surface area contributed by atoms with Crippen LogP contribution in [0.5, 0.6) is 11.5 Å². The number of ether oxygens (including phenoxy) is 4. The van der Waals surface area contributed by atoms with E-state index in [1.165, 1.54) is 24.3 Å². The first-order valence-corrected chi connectivity index (χ1v) is 11.0. The Bertz CT molecular complexity index is 1510. The van der Waals surface area contributed by atoms with Gasteiger partial charge in [0.25, 0.3) is 0 Å². The number of aryl methyl sites for hydroxylation is 1. The molecular weight excluding hydrogens is 472 g/mol. The Morgan fingerprint density at radius 2 is 1.31 bits per heavy atom. The average Bonchev–Trinajstić information content (AvgIpc) is 2.85. The predicted molar refractivity (Wildman–Crippen MR) is 127 cm³/mol. The van der Waals surface area contributed by atoms with Crippen LogP contribution in [0.3, 0.4) is 0 Å². The zero-order valence-corrected chi connectivity index (χ0v) is 19.3. The molecule has 0 amide bonds. The molecule has 0 N–H and O–H groups in total. The molecule has 0 fully saturated rings. The Balaban J connectivity index is 1.12. The van der Waals surface area contributed by atoms with Gasteiger partial charge in [-0.3, -0.25) is 0 Å². The predicted octanol–water partition coefficient (Wildman–Crippen LogP) is 3.14. The summed E-state index contributed by atoms with van der Waals surface area (Å²) in [7, 11) is 0. The van der Waals surface area contributed by atoms with Crippen LogP contribution in [0.1, 0.15) is 12.0 Å². The molecule has 0 radical (unpaired) electrons. The fraction of sp³-hybridized carbons (Fsp3) is 0.231. The Hall–Kier alpha value is -4.60. The quantitative estimate of drug-likeness (QED) is 0.184. The van der Waals surface area contributed by atoms with Crippen LogP contribution in [-0.4, -0.2) is 38.4 Å². The average molecular weight is 494 g/mol. The SMILES string of the molecule is Cc1cc(=O)oc2cc(OCC(=O)OCCCOC(=O)COc3ccc4ccc(=O)oc4c3)ccc12. The number of esters is 2. The monoisotopic (exact) mass is 494 g/mol. The Labute approximate surface area is 203 Å². The molecule has 0 aliphatic rings. The Morgan fingerprint density at radius 3 is 2.00 bits per heavy atom. The summed E-state index contributed by atoms with van der Waals surface area (Å²) in [6.45, 7) is 1.20. The summed E-state index contributed by atoms with van der Waals surface area (Å²) in [5.41, 5.74) is 0.547. The largest absolute Gasteiger partial charge is 0.482 e. The van der Waals surface area contributed by atoms with Crippen LogP contribution in [0.15, 0.2) is 73.0 Å². The van der Waals surface area contributed by atoms with Crippen molar-refractivity contribution in [2.24, 2.45) is 0 Å². The third-order valence-corrected chi connectivity index (χ3v) is 5.05. The number of carbonyl (C=O) groups excluding carboxylic acids is 2. The molecule has 0 unspecified atom stereocenters. The minimum atomic E-state index is -0.600. The van der Waals surface area contributed by atoms with Gasteiger partial charge in [-0.25, -0.2) is 19.2 Å². The van der Waals surface area contributed by atoms with Crippen LogP contribution in [0.25, 0.3) is 21.9 Å². The molecule has 0 aliphatic heterocycles. The van der Waals surface area contributed by atoms with Gasteiger partial charge in [0.15, 0.2) is 13.2 Å². The fourth-order valence-electron chi connectivity index (χ4n) is 3.32. The molecule has 4 rings (SSSR count). The molecule has 186 valence electrons. The summed E-state index contributed by atoms with van der Waals surface area (Å²) in [4.78, 5) is 46.6. The molecule has 0 atom stereocenters. The van der Waals surface area contributed by atoms with Crippen LogP contribution in [0, 0.1) is 6.92 Å². The van der Waals surface area contributed by atoms with Gasteiger partial charge in [-0.15, -0.1) is 0 Å². The van der Waals surface area contributed by atoms with Crippen molar-refractivity contribution in [2.45, 2.75) is 13.3 Å². The number of hydrogen-bond donors (Lipinski definition) is 0. The highest BCUT2D eigenvalue weighted by Gasteiger charge is 2.09. The third kappa shape index (κ3) is 6.50. The van der Waals surface area contributed by atoms with Gasteiger partial charge in [-0.2, -0.15) is 0 Å². The molecule has 0 spiro atoms. The highest BCUT2D eigenvalue weighted by atomic mass is 16.6. The van der Waals surface area contributed by atoms with E-state index in [2.05, 4.69) is 0 Å². The van der Waals surface area contributed by atoms with E-state index in [-0.39, 0.29) is 26.4 Å². The number of benzene rings is 2. The number of carbonyl (C=O) groups is 2. The second kappa shape index (κ2) is 11.2. The summed E-state index contributed by atoms with van der Waals surface area (Å²) in [6.07, 6.45) is 0.291. The first kappa shape index (κ1) is 24.5. The standard InChI is InChI=1S/C26H22O10/c1-16-11-24(28)36-22-13-19(6-7-20(16)22)34-15-26(30)32-10-2-9-31-25(29)14-33-18-5-3-17-4-8-23(27)35-21(17)12-18/h3-8,11-13H,2,9-10,14-15H2,1H3. The molecule has 36 heavy (non-hydrogen) atoms. The lowest BCUT2D eigenvalue weighted by molar-refractivity contribution is -0.148. The van der Waals surface area contributed by atoms with Crippen LogP contribution < -0.4 is 20.7 Å². The van der Waals surface area contributed by atoms with E-state index in [1.807, 2.05) is 0 Å². The zero-order valence-electron chi connectivity index (χ0n) is 19.3. The van der Waals surface area contributed by atoms with Gasteiger partial charge in [-0.05, 0) is 42.8 Å². The van der Waals surface area contributed by atoms with Gasteiger partial charge in [0.1, 0.15) is 22.7 Å². The maximum Gasteiger partial charge on any atom is 0.344 e. The topological polar surface area (TPSA) is 131 Å².